The second-order valence-corrected chi connectivity index (χ2v) is 6.22. The van der Waals surface area contributed by atoms with Gasteiger partial charge in [-0.3, -0.25) is 0 Å². The van der Waals surface area contributed by atoms with Crippen molar-refractivity contribution in [1.29, 1.82) is 0 Å². The summed E-state index contributed by atoms with van der Waals surface area (Å²) in [5.74, 6) is 1.32. The summed E-state index contributed by atoms with van der Waals surface area (Å²) in [7, 11) is 1.96. The lowest BCUT2D eigenvalue weighted by Crippen LogP contribution is -2.20. The number of halogens is 1. The molecular formula is C19H20ClN5. The molecule has 0 bridgehead atoms. The zero-order valence-corrected chi connectivity index (χ0v) is 14.8. The molecule has 0 aliphatic heterocycles. The Balaban J connectivity index is 1.56. The first-order valence-corrected chi connectivity index (χ1v) is 8.51. The van der Waals surface area contributed by atoms with E-state index in [2.05, 4.69) is 32.6 Å². The molecule has 0 unspecified atom stereocenters. The third-order valence-electron chi connectivity index (χ3n) is 3.78. The molecule has 0 radical (unpaired) electrons. The number of hydrogen-bond donors (Lipinski definition) is 1. The van der Waals surface area contributed by atoms with Gasteiger partial charge in [-0.15, -0.1) is 5.10 Å². The van der Waals surface area contributed by atoms with Gasteiger partial charge in [-0.25, -0.2) is 0 Å². The maximum absolute atomic E-state index is 5.90. The van der Waals surface area contributed by atoms with Crippen LogP contribution in [-0.2, 0) is 13.0 Å². The lowest BCUT2D eigenvalue weighted by Gasteiger charge is -2.17. The van der Waals surface area contributed by atoms with Crippen LogP contribution in [0.1, 0.15) is 11.1 Å². The number of aromatic nitrogens is 3. The zero-order chi connectivity index (χ0) is 17.5. The molecule has 1 heterocycles. The molecule has 0 saturated carbocycles. The standard InChI is InChI=1S/C19H20ClN5/c1-25(14-16-5-3-2-4-6-16)19-23-18(13-22-24-19)21-12-11-15-7-9-17(20)10-8-15/h2-10,13H,11-12,14H2,1H3,(H,21,23,24). The molecule has 6 heteroatoms. The molecule has 1 aromatic heterocycles. The summed E-state index contributed by atoms with van der Waals surface area (Å²) in [6.45, 7) is 1.50. The average molecular weight is 354 g/mol. The van der Waals surface area contributed by atoms with Crippen molar-refractivity contribution >= 4 is 23.4 Å². The minimum absolute atomic E-state index is 0.598. The molecular weight excluding hydrogens is 334 g/mol. The lowest BCUT2D eigenvalue weighted by molar-refractivity contribution is 0.827. The zero-order valence-electron chi connectivity index (χ0n) is 14.1. The van der Waals surface area contributed by atoms with Crippen LogP contribution in [-0.4, -0.2) is 28.8 Å². The molecule has 2 aromatic carbocycles. The highest BCUT2D eigenvalue weighted by molar-refractivity contribution is 6.30. The van der Waals surface area contributed by atoms with Gasteiger partial charge in [0.2, 0.25) is 5.95 Å². The van der Waals surface area contributed by atoms with Gasteiger partial charge in [-0.05, 0) is 29.7 Å². The van der Waals surface area contributed by atoms with Gasteiger partial charge in [0.05, 0.1) is 6.20 Å². The molecule has 128 valence electrons. The van der Waals surface area contributed by atoms with E-state index in [1.807, 2.05) is 54.4 Å². The van der Waals surface area contributed by atoms with Gasteiger partial charge in [0, 0.05) is 25.2 Å². The first kappa shape index (κ1) is 17.2. The third-order valence-corrected chi connectivity index (χ3v) is 4.04. The lowest BCUT2D eigenvalue weighted by atomic mass is 10.1. The SMILES string of the molecule is CN(Cc1ccccc1)c1nncc(NCCc2ccc(Cl)cc2)n1. The third kappa shape index (κ3) is 5.16. The van der Waals surface area contributed by atoms with Crippen molar-refractivity contribution in [3.63, 3.8) is 0 Å². The number of nitrogens with zero attached hydrogens (tertiary/aromatic N) is 4. The van der Waals surface area contributed by atoms with Gasteiger partial charge in [0.15, 0.2) is 5.82 Å². The molecule has 3 aromatic rings. The van der Waals surface area contributed by atoms with Crippen LogP contribution in [0.15, 0.2) is 60.8 Å². The van der Waals surface area contributed by atoms with Crippen molar-refractivity contribution in [2.24, 2.45) is 0 Å². The molecule has 0 atom stereocenters. The Morgan fingerprint density at radius 1 is 1.00 bits per heavy atom. The van der Waals surface area contributed by atoms with Crippen LogP contribution in [0.4, 0.5) is 11.8 Å². The molecule has 0 saturated heterocycles. The minimum Gasteiger partial charge on any atom is -0.368 e. The summed E-state index contributed by atoms with van der Waals surface area (Å²) in [6.07, 6.45) is 2.53. The van der Waals surface area contributed by atoms with Gasteiger partial charge in [-0.1, -0.05) is 54.1 Å². The van der Waals surface area contributed by atoms with E-state index in [0.29, 0.717) is 5.95 Å². The molecule has 0 aliphatic rings. The first-order chi connectivity index (χ1) is 12.2. The normalized spacial score (nSPS) is 10.5. The maximum atomic E-state index is 5.90. The molecule has 0 amide bonds. The summed E-state index contributed by atoms with van der Waals surface area (Å²) in [4.78, 5) is 6.51. The van der Waals surface area contributed by atoms with Crippen LogP contribution in [0.5, 0.6) is 0 Å². The van der Waals surface area contributed by atoms with Gasteiger partial charge in [-0.2, -0.15) is 10.1 Å². The van der Waals surface area contributed by atoms with E-state index >= 15 is 0 Å². The predicted molar refractivity (Wildman–Crippen MR) is 102 cm³/mol. The number of anilines is 2. The summed E-state index contributed by atoms with van der Waals surface area (Å²) in [5.41, 5.74) is 2.43. The highest BCUT2D eigenvalue weighted by atomic mass is 35.5. The largest absolute Gasteiger partial charge is 0.368 e. The monoisotopic (exact) mass is 353 g/mol. The number of rotatable bonds is 7. The van der Waals surface area contributed by atoms with Crippen molar-refractivity contribution in [2.45, 2.75) is 13.0 Å². The molecule has 1 N–H and O–H groups in total. The number of benzene rings is 2. The molecule has 0 spiro atoms. The highest BCUT2D eigenvalue weighted by Gasteiger charge is 2.07. The van der Waals surface area contributed by atoms with E-state index in [4.69, 9.17) is 11.6 Å². The summed E-state index contributed by atoms with van der Waals surface area (Å²) >= 11 is 5.90. The van der Waals surface area contributed by atoms with E-state index in [9.17, 15) is 0 Å². The second-order valence-electron chi connectivity index (χ2n) is 5.79. The van der Waals surface area contributed by atoms with E-state index < -0.39 is 0 Å². The Labute approximate surface area is 152 Å². The van der Waals surface area contributed by atoms with Crippen LogP contribution < -0.4 is 10.2 Å². The fourth-order valence-electron chi connectivity index (χ4n) is 2.46. The molecule has 0 aliphatic carbocycles. The Morgan fingerprint density at radius 2 is 1.76 bits per heavy atom. The summed E-state index contributed by atoms with van der Waals surface area (Å²) in [5, 5.41) is 12.2. The van der Waals surface area contributed by atoms with E-state index in [1.54, 1.807) is 6.20 Å². The molecule has 5 nitrogen and oxygen atoms in total. The van der Waals surface area contributed by atoms with E-state index in [0.717, 1.165) is 30.4 Å². The van der Waals surface area contributed by atoms with Crippen LogP contribution in [0.25, 0.3) is 0 Å². The Morgan fingerprint density at radius 3 is 2.52 bits per heavy atom. The van der Waals surface area contributed by atoms with E-state index in [-0.39, 0.29) is 0 Å². The summed E-state index contributed by atoms with van der Waals surface area (Å²) in [6, 6.07) is 18.1. The van der Waals surface area contributed by atoms with Crippen molar-refractivity contribution in [3.05, 3.63) is 76.9 Å². The van der Waals surface area contributed by atoms with Gasteiger partial charge in [0.25, 0.3) is 0 Å². The molecule has 25 heavy (non-hydrogen) atoms. The topological polar surface area (TPSA) is 53.9 Å². The fraction of sp³-hybridized carbons (Fsp3) is 0.211. The Hall–Kier alpha value is -2.66. The van der Waals surface area contributed by atoms with E-state index in [1.165, 1.54) is 11.1 Å². The van der Waals surface area contributed by atoms with Gasteiger partial charge >= 0.3 is 0 Å². The summed E-state index contributed by atoms with van der Waals surface area (Å²) < 4.78 is 0. The Kier molecular flexibility index (Phi) is 5.80. The second kappa shape index (κ2) is 8.44. The fourth-order valence-corrected chi connectivity index (χ4v) is 2.58. The smallest absolute Gasteiger partial charge is 0.247 e. The first-order valence-electron chi connectivity index (χ1n) is 8.14. The van der Waals surface area contributed by atoms with Crippen molar-refractivity contribution in [1.82, 2.24) is 15.2 Å². The van der Waals surface area contributed by atoms with Crippen LogP contribution in [0.2, 0.25) is 5.02 Å². The quantitative estimate of drug-likeness (QED) is 0.699. The van der Waals surface area contributed by atoms with Crippen LogP contribution >= 0.6 is 11.6 Å². The van der Waals surface area contributed by atoms with Crippen molar-refractivity contribution < 1.29 is 0 Å². The number of nitrogens with one attached hydrogen (secondary N) is 1. The predicted octanol–water partition coefficient (Wildman–Crippen LogP) is 3.82. The van der Waals surface area contributed by atoms with Gasteiger partial charge < -0.3 is 10.2 Å². The van der Waals surface area contributed by atoms with Gasteiger partial charge in [0.1, 0.15) is 0 Å². The van der Waals surface area contributed by atoms with Crippen LogP contribution in [0, 0.1) is 0 Å². The van der Waals surface area contributed by atoms with Crippen molar-refractivity contribution in [3.8, 4) is 0 Å². The maximum Gasteiger partial charge on any atom is 0.247 e. The number of hydrogen-bond acceptors (Lipinski definition) is 5. The van der Waals surface area contributed by atoms with Crippen LogP contribution in [0.3, 0.4) is 0 Å². The molecule has 3 rings (SSSR count). The Bertz CT molecular complexity index is 792. The average Bonchev–Trinajstić information content (AvgIpc) is 2.64. The molecule has 0 fully saturated rings. The minimum atomic E-state index is 0.598. The van der Waals surface area contributed by atoms with Crippen molar-refractivity contribution in [2.75, 3.05) is 23.8 Å². The highest BCUT2D eigenvalue weighted by Crippen LogP contribution is 2.13.